The number of hydrogen-bond acceptors (Lipinski definition) is 4. The maximum Gasteiger partial charge on any atom is 0.229 e. The van der Waals surface area contributed by atoms with Gasteiger partial charge in [-0.25, -0.2) is 0 Å². The molecule has 0 saturated carbocycles. The second kappa shape index (κ2) is 6.69. The van der Waals surface area contributed by atoms with Gasteiger partial charge in [0.05, 0.1) is 12.5 Å². The van der Waals surface area contributed by atoms with Gasteiger partial charge >= 0.3 is 0 Å². The van der Waals surface area contributed by atoms with Crippen LogP contribution in [0.15, 0.2) is 59.1 Å². The Morgan fingerprint density at radius 3 is 2.72 bits per heavy atom. The van der Waals surface area contributed by atoms with Crippen LogP contribution < -0.4 is 0 Å². The topological polar surface area (TPSA) is 49.6 Å². The molecule has 1 amide bonds. The normalized spacial score (nSPS) is 18.6. The summed E-state index contributed by atoms with van der Waals surface area (Å²) >= 11 is 0. The summed E-state index contributed by atoms with van der Waals surface area (Å²) in [7, 11) is 2.10. The monoisotopic (exact) mass is 335 g/mol. The highest BCUT2D eigenvalue weighted by Crippen LogP contribution is 2.26. The molecule has 25 heavy (non-hydrogen) atoms. The Balaban J connectivity index is 1.59. The molecule has 0 aliphatic carbocycles. The van der Waals surface area contributed by atoms with E-state index in [4.69, 9.17) is 4.52 Å². The van der Waals surface area contributed by atoms with Gasteiger partial charge in [-0.05, 0) is 24.7 Å². The van der Waals surface area contributed by atoms with Crippen LogP contribution in [-0.2, 0) is 11.2 Å². The van der Waals surface area contributed by atoms with Crippen molar-refractivity contribution in [1.82, 2.24) is 15.0 Å². The molecule has 128 valence electrons. The predicted octanol–water partition coefficient (Wildman–Crippen LogP) is 2.89. The number of carbonyl (C=O) groups is 1. The molecule has 2 aromatic carbocycles. The Bertz CT molecular complexity index is 875. The van der Waals surface area contributed by atoms with E-state index in [1.165, 1.54) is 5.56 Å². The largest absolute Gasteiger partial charge is 0.356 e. The van der Waals surface area contributed by atoms with Crippen molar-refractivity contribution in [1.29, 1.82) is 0 Å². The van der Waals surface area contributed by atoms with E-state index in [0.717, 1.165) is 30.6 Å². The Kier molecular flexibility index (Phi) is 4.24. The van der Waals surface area contributed by atoms with E-state index in [1.54, 1.807) is 0 Å². The third kappa shape index (κ3) is 3.15. The number of rotatable bonds is 3. The third-order valence-electron chi connectivity index (χ3n) is 4.86. The van der Waals surface area contributed by atoms with E-state index >= 15 is 0 Å². The minimum absolute atomic E-state index is 0.0746. The van der Waals surface area contributed by atoms with Gasteiger partial charge in [0.15, 0.2) is 5.58 Å². The predicted molar refractivity (Wildman–Crippen MR) is 96.1 cm³/mol. The van der Waals surface area contributed by atoms with Gasteiger partial charge in [0.25, 0.3) is 0 Å². The molecule has 0 radical (unpaired) electrons. The molecule has 3 aromatic rings. The number of fused-ring (bicyclic) bond motifs is 1. The molecule has 1 atom stereocenters. The van der Waals surface area contributed by atoms with Crippen LogP contribution in [0.1, 0.15) is 17.3 Å². The number of carbonyl (C=O) groups excluding carboxylic acids is 1. The fraction of sp³-hybridized carbons (Fsp3) is 0.300. The fourth-order valence-electron chi connectivity index (χ4n) is 3.49. The Labute approximate surface area is 146 Å². The van der Waals surface area contributed by atoms with E-state index in [9.17, 15) is 4.79 Å². The molecule has 1 aliphatic heterocycles. The van der Waals surface area contributed by atoms with Crippen LogP contribution in [0.5, 0.6) is 0 Å². The summed E-state index contributed by atoms with van der Waals surface area (Å²) in [6.07, 6.45) is 0.268. The molecule has 1 aromatic heterocycles. The lowest BCUT2D eigenvalue weighted by atomic mass is 10.0. The van der Waals surface area contributed by atoms with Crippen molar-refractivity contribution in [3.05, 3.63) is 65.9 Å². The van der Waals surface area contributed by atoms with Crippen molar-refractivity contribution in [3.8, 4) is 0 Å². The molecule has 5 nitrogen and oxygen atoms in total. The van der Waals surface area contributed by atoms with Gasteiger partial charge in [-0.2, -0.15) is 0 Å². The number of benzene rings is 2. The first-order valence-electron chi connectivity index (χ1n) is 8.58. The number of piperazine rings is 1. The Morgan fingerprint density at radius 1 is 1.12 bits per heavy atom. The van der Waals surface area contributed by atoms with Crippen LogP contribution in [0, 0.1) is 0 Å². The highest BCUT2D eigenvalue weighted by Gasteiger charge is 2.30. The zero-order valence-electron chi connectivity index (χ0n) is 14.3. The van der Waals surface area contributed by atoms with Gasteiger partial charge in [-0.1, -0.05) is 47.6 Å². The lowest BCUT2D eigenvalue weighted by Crippen LogP contribution is -2.49. The number of likely N-dealkylation sites (N-methyl/N-ethyl adjacent to an activating group) is 1. The summed E-state index contributed by atoms with van der Waals surface area (Å²) < 4.78 is 5.34. The molecular weight excluding hydrogens is 314 g/mol. The molecule has 0 bridgehead atoms. The van der Waals surface area contributed by atoms with Crippen molar-refractivity contribution in [3.63, 3.8) is 0 Å². The second-order valence-corrected chi connectivity index (χ2v) is 6.58. The van der Waals surface area contributed by atoms with Crippen molar-refractivity contribution in [2.24, 2.45) is 0 Å². The quantitative estimate of drug-likeness (QED) is 0.738. The second-order valence-electron chi connectivity index (χ2n) is 6.58. The SMILES string of the molecule is CN1CCN(C(=O)Cc2noc3ccccc23)C(c2ccccc2)C1. The first-order chi connectivity index (χ1) is 12.2. The van der Waals surface area contributed by atoms with E-state index in [-0.39, 0.29) is 18.4 Å². The fourth-order valence-corrected chi connectivity index (χ4v) is 3.49. The molecule has 1 saturated heterocycles. The minimum Gasteiger partial charge on any atom is -0.356 e. The van der Waals surface area contributed by atoms with Gasteiger partial charge in [0, 0.05) is 25.0 Å². The number of hydrogen-bond donors (Lipinski definition) is 0. The van der Waals surface area contributed by atoms with Crippen LogP contribution in [0.2, 0.25) is 0 Å². The molecular formula is C20H21N3O2. The highest BCUT2D eigenvalue weighted by atomic mass is 16.5. The average Bonchev–Trinajstić information content (AvgIpc) is 3.05. The number of amides is 1. The molecule has 1 unspecified atom stereocenters. The molecule has 5 heteroatoms. The van der Waals surface area contributed by atoms with Crippen molar-refractivity contribution >= 4 is 16.9 Å². The van der Waals surface area contributed by atoms with Crippen molar-refractivity contribution in [2.45, 2.75) is 12.5 Å². The third-order valence-corrected chi connectivity index (χ3v) is 4.86. The molecule has 4 rings (SSSR count). The van der Waals surface area contributed by atoms with Gasteiger partial charge in [-0.3, -0.25) is 4.79 Å². The summed E-state index contributed by atoms with van der Waals surface area (Å²) in [5.41, 5.74) is 2.61. The first kappa shape index (κ1) is 15.8. The van der Waals surface area contributed by atoms with Crippen LogP contribution >= 0.6 is 0 Å². The number of aromatic nitrogens is 1. The maximum atomic E-state index is 13.0. The molecule has 1 aliphatic rings. The molecule has 2 heterocycles. The zero-order valence-corrected chi connectivity index (χ0v) is 14.3. The van der Waals surface area contributed by atoms with Crippen LogP contribution in [0.3, 0.4) is 0 Å². The minimum atomic E-state index is 0.0746. The number of para-hydroxylation sites is 1. The Hall–Kier alpha value is -2.66. The summed E-state index contributed by atoms with van der Waals surface area (Å²) in [4.78, 5) is 17.3. The van der Waals surface area contributed by atoms with Crippen LogP contribution in [-0.4, -0.2) is 47.5 Å². The van der Waals surface area contributed by atoms with E-state index in [1.807, 2.05) is 47.4 Å². The van der Waals surface area contributed by atoms with Crippen LogP contribution in [0.4, 0.5) is 0 Å². The van der Waals surface area contributed by atoms with Gasteiger partial charge in [0.1, 0.15) is 5.69 Å². The maximum absolute atomic E-state index is 13.0. The van der Waals surface area contributed by atoms with Gasteiger partial charge in [0.2, 0.25) is 5.91 Å². The molecule has 1 fully saturated rings. The van der Waals surface area contributed by atoms with Gasteiger partial charge in [-0.15, -0.1) is 0 Å². The van der Waals surface area contributed by atoms with Crippen molar-refractivity contribution < 1.29 is 9.32 Å². The zero-order chi connectivity index (χ0) is 17.2. The van der Waals surface area contributed by atoms with Crippen molar-refractivity contribution in [2.75, 3.05) is 26.7 Å². The summed E-state index contributed by atoms with van der Waals surface area (Å²) in [6, 6.07) is 18.0. The van der Waals surface area contributed by atoms with E-state index in [0.29, 0.717) is 5.69 Å². The molecule has 0 spiro atoms. The number of nitrogens with zero attached hydrogens (tertiary/aromatic N) is 3. The summed E-state index contributed by atoms with van der Waals surface area (Å²) in [5.74, 6) is 0.0982. The lowest BCUT2D eigenvalue weighted by Gasteiger charge is -2.40. The standard InChI is InChI=1S/C20H21N3O2/c1-22-11-12-23(18(14-22)15-7-3-2-4-8-15)20(24)13-17-16-9-5-6-10-19(16)25-21-17/h2-10,18H,11-14H2,1H3. The average molecular weight is 335 g/mol. The van der Waals surface area contributed by atoms with E-state index < -0.39 is 0 Å². The van der Waals surface area contributed by atoms with Crippen LogP contribution in [0.25, 0.3) is 11.0 Å². The summed E-state index contributed by atoms with van der Waals surface area (Å²) in [6.45, 7) is 2.45. The first-order valence-corrected chi connectivity index (χ1v) is 8.58. The Morgan fingerprint density at radius 2 is 1.88 bits per heavy atom. The summed E-state index contributed by atoms with van der Waals surface area (Å²) in [5, 5.41) is 5.03. The van der Waals surface area contributed by atoms with Gasteiger partial charge < -0.3 is 14.3 Å². The van der Waals surface area contributed by atoms with E-state index in [2.05, 4.69) is 29.2 Å². The highest BCUT2D eigenvalue weighted by molar-refractivity contribution is 5.86. The smallest absolute Gasteiger partial charge is 0.229 e. The lowest BCUT2D eigenvalue weighted by molar-refractivity contribution is -0.135. The molecule has 0 N–H and O–H groups in total.